The molecule has 14 heavy (non-hydrogen) atoms. The highest BCUT2D eigenvalue weighted by molar-refractivity contribution is 5.27. The Morgan fingerprint density at radius 1 is 1.00 bits per heavy atom. The zero-order chi connectivity index (χ0) is 10.4. The lowest BCUT2D eigenvalue weighted by atomic mass is 10.1. The summed E-state index contributed by atoms with van der Waals surface area (Å²) in [4.78, 5) is 0. The highest BCUT2D eigenvalue weighted by Gasteiger charge is 2.22. The molecule has 0 unspecified atom stereocenters. The quantitative estimate of drug-likeness (QED) is 0.635. The molecule has 0 amide bonds. The molecule has 0 radical (unpaired) electrons. The van der Waals surface area contributed by atoms with Crippen molar-refractivity contribution in [1.29, 1.82) is 0 Å². The summed E-state index contributed by atoms with van der Waals surface area (Å²) in [7, 11) is 0. The minimum Gasteiger partial charge on any atom is -0.0654 e. The lowest BCUT2D eigenvalue weighted by Gasteiger charge is -1.96. The van der Waals surface area contributed by atoms with Crippen LogP contribution in [-0.2, 0) is 0 Å². The minimum atomic E-state index is 0.903. The standard InChI is InChI=1S/C10H12.C4H10/c1-8-2-4-9(5-3-8)10-6-7-10;1-3-4-2/h2-5,10H,6-7H2,1H3;3-4H2,1-2H3. The van der Waals surface area contributed by atoms with Crippen LogP contribution < -0.4 is 0 Å². The van der Waals surface area contributed by atoms with Gasteiger partial charge in [0.05, 0.1) is 0 Å². The summed E-state index contributed by atoms with van der Waals surface area (Å²) in [5.41, 5.74) is 2.90. The van der Waals surface area contributed by atoms with Crippen LogP contribution in [0.25, 0.3) is 0 Å². The first-order valence-corrected chi connectivity index (χ1v) is 5.84. The Morgan fingerprint density at radius 2 is 1.50 bits per heavy atom. The van der Waals surface area contributed by atoms with Crippen molar-refractivity contribution in [3.8, 4) is 0 Å². The van der Waals surface area contributed by atoms with E-state index >= 15 is 0 Å². The molecular formula is C14H22. The van der Waals surface area contributed by atoms with Crippen LogP contribution in [0.3, 0.4) is 0 Å². The Balaban J connectivity index is 0.000000213. The maximum atomic E-state index is 2.26. The van der Waals surface area contributed by atoms with Gasteiger partial charge in [0.1, 0.15) is 0 Å². The molecule has 0 nitrogen and oxygen atoms in total. The molecular weight excluding hydrogens is 168 g/mol. The number of rotatable bonds is 2. The molecule has 1 aliphatic carbocycles. The Kier molecular flexibility index (Phi) is 4.72. The van der Waals surface area contributed by atoms with Gasteiger partial charge in [-0.25, -0.2) is 0 Å². The van der Waals surface area contributed by atoms with Crippen molar-refractivity contribution in [2.75, 3.05) is 0 Å². The average molecular weight is 190 g/mol. The zero-order valence-electron chi connectivity index (χ0n) is 9.72. The number of aryl methyl sites for hydroxylation is 1. The van der Waals surface area contributed by atoms with Gasteiger partial charge in [-0.3, -0.25) is 0 Å². The van der Waals surface area contributed by atoms with E-state index in [2.05, 4.69) is 45.0 Å². The molecule has 0 aliphatic heterocycles. The molecule has 0 heteroatoms. The first-order chi connectivity index (χ1) is 6.77. The molecule has 0 N–H and O–H groups in total. The van der Waals surface area contributed by atoms with Crippen molar-refractivity contribution in [3.63, 3.8) is 0 Å². The van der Waals surface area contributed by atoms with Crippen molar-refractivity contribution in [2.24, 2.45) is 0 Å². The predicted molar refractivity (Wildman–Crippen MR) is 63.7 cm³/mol. The number of hydrogen-bond acceptors (Lipinski definition) is 0. The first-order valence-electron chi connectivity index (χ1n) is 5.84. The monoisotopic (exact) mass is 190 g/mol. The fourth-order valence-corrected chi connectivity index (χ4v) is 1.26. The molecule has 1 aliphatic rings. The zero-order valence-corrected chi connectivity index (χ0v) is 9.72. The van der Waals surface area contributed by atoms with E-state index < -0.39 is 0 Å². The maximum absolute atomic E-state index is 2.26. The molecule has 0 bridgehead atoms. The molecule has 1 aromatic carbocycles. The molecule has 1 fully saturated rings. The van der Waals surface area contributed by atoms with Gasteiger partial charge in [-0.2, -0.15) is 0 Å². The lowest BCUT2D eigenvalue weighted by Crippen LogP contribution is -1.77. The summed E-state index contributed by atoms with van der Waals surface area (Å²) < 4.78 is 0. The van der Waals surface area contributed by atoms with Gasteiger partial charge < -0.3 is 0 Å². The fourth-order valence-electron chi connectivity index (χ4n) is 1.26. The molecule has 1 aromatic rings. The number of unbranched alkanes of at least 4 members (excludes halogenated alkanes) is 1. The third-order valence-electron chi connectivity index (χ3n) is 2.63. The van der Waals surface area contributed by atoms with Crippen LogP contribution in [0.4, 0.5) is 0 Å². The third kappa shape index (κ3) is 3.95. The Bertz CT molecular complexity index is 239. The van der Waals surface area contributed by atoms with E-state index in [0.29, 0.717) is 0 Å². The molecule has 0 spiro atoms. The topological polar surface area (TPSA) is 0 Å². The SMILES string of the molecule is CCCC.Cc1ccc(C2CC2)cc1. The van der Waals surface area contributed by atoms with Crippen molar-refractivity contribution in [3.05, 3.63) is 35.4 Å². The lowest BCUT2D eigenvalue weighted by molar-refractivity contribution is 0.886. The van der Waals surface area contributed by atoms with Crippen LogP contribution in [-0.4, -0.2) is 0 Å². The largest absolute Gasteiger partial charge is 0.0654 e. The van der Waals surface area contributed by atoms with E-state index in [4.69, 9.17) is 0 Å². The van der Waals surface area contributed by atoms with Gasteiger partial charge in [-0.15, -0.1) is 0 Å². The van der Waals surface area contributed by atoms with Crippen LogP contribution in [0, 0.1) is 6.92 Å². The highest BCUT2D eigenvalue weighted by Crippen LogP contribution is 2.39. The fraction of sp³-hybridized carbons (Fsp3) is 0.571. The second-order valence-electron chi connectivity index (χ2n) is 4.18. The highest BCUT2D eigenvalue weighted by atomic mass is 14.3. The number of benzene rings is 1. The molecule has 78 valence electrons. The van der Waals surface area contributed by atoms with Crippen molar-refractivity contribution < 1.29 is 0 Å². The second-order valence-corrected chi connectivity index (χ2v) is 4.18. The summed E-state index contributed by atoms with van der Waals surface area (Å²) in [6.45, 7) is 6.50. The predicted octanol–water partition coefficient (Wildman–Crippen LogP) is 4.68. The van der Waals surface area contributed by atoms with Gasteiger partial charge in [-0.1, -0.05) is 56.5 Å². The molecule has 0 heterocycles. The Labute approximate surface area is 88.4 Å². The van der Waals surface area contributed by atoms with E-state index in [9.17, 15) is 0 Å². The van der Waals surface area contributed by atoms with Crippen molar-refractivity contribution >= 4 is 0 Å². The van der Waals surface area contributed by atoms with E-state index in [1.54, 1.807) is 0 Å². The molecule has 0 aromatic heterocycles. The van der Waals surface area contributed by atoms with Gasteiger partial charge in [0, 0.05) is 0 Å². The van der Waals surface area contributed by atoms with E-state index in [1.807, 2.05) is 0 Å². The van der Waals surface area contributed by atoms with Crippen molar-refractivity contribution in [1.82, 2.24) is 0 Å². The van der Waals surface area contributed by atoms with E-state index in [-0.39, 0.29) is 0 Å². The van der Waals surface area contributed by atoms with Gasteiger partial charge in [0.15, 0.2) is 0 Å². The van der Waals surface area contributed by atoms with Gasteiger partial charge in [-0.05, 0) is 31.2 Å². The Hall–Kier alpha value is -0.780. The molecule has 0 atom stereocenters. The Morgan fingerprint density at radius 3 is 1.86 bits per heavy atom. The van der Waals surface area contributed by atoms with Crippen molar-refractivity contribution in [2.45, 2.75) is 52.4 Å². The minimum absolute atomic E-state index is 0.903. The summed E-state index contributed by atoms with van der Waals surface area (Å²) >= 11 is 0. The van der Waals surface area contributed by atoms with Gasteiger partial charge in [0.25, 0.3) is 0 Å². The summed E-state index contributed by atoms with van der Waals surface area (Å²) in [5, 5.41) is 0. The van der Waals surface area contributed by atoms with E-state index in [0.717, 1.165) is 5.92 Å². The van der Waals surface area contributed by atoms with Crippen LogP contribution in [0.1, 0.15) is 56.6 Å². The van der Waals surface area contributed by atoms with Crippen LogP contribution in [0.2, 0.25) is 0 Å². The van der Waals surface area contributed by atoms with Crippen LogP contribution >= 0.6 is 0 Å². The average Bonchev–Trinajstić information content (AvgIpc) is 3.03. The third-order valence-corrected chi connectivity index (χ3v) is 2.63. The number of hydrogen-bond donors (Lipinski definition) is 0. The summed E-state index contributed by atoms with van der Waals surface area (Å²) in [5.74, 6) is 0.903. The van der Waals surface area contributed by atoms with Gasteiger partial charge in [0.2, 0.25) is 0 Å². The normalized spacial score (nSPS) is 14.5. The smallest absolute Gasteiger partial charge is 0.0162 e. The maximum Gasteiger partial charge on any atom is -0.0162 e. The molecule has 1 saturated carbocycles. The second kappa shape index (κ2) is 5.85. The summed E-state index contributed by atoms with van der Waals surface area (Å²) in [6.07, 6.45) is 5.45. The molecule has 0 saturated heterocycles. The molecule has 2 rings (SSSR count). The van der Waals surface area contributed by atoms with E-state index in [1.165, 1.54) is 36.8 Å². The van der Waals surface area contributed by atoms with Crippen LogP contribution in [0.15, 0.2) is 24.3 Å². The first kappa shape index (κ1) is 11.3. The van der Waals surface area contributed by atoms with Crippen LogP contribution in [0.5, 0.6) is 0 Å². The summed E-state index contributed by atoms with van der Waals surface area (Å²) in [6, 6.07) is 8.92. The van der Waals surface area contributed by atoms with Gasteiger partial charge >= 0.3 is 0 Å².